The number of nitrogens with zero attached hydrogens (tertiary/aromatic N) is 1. The fraction of sp³-hybridized carbons (Fsp3) is 0.381. The van der Waals surface area contributed by atoms with E-state index < -0.39 is 0 Å². The van der Waals surface area contributed by atoms with E-state index >= 15 is 0 Å². The Balaban J connectivity index is 0.00000261. The molecule has 0 bridgehead atoms. The summed E-state index contributed by atoms with van der Waals surface area (Å²) in [6.45, 7) is 3.92. The van der Waals surface area contributed by atoms with Crippen LogP contribution >= 0.6 is 24.0 Å². The summed E-state index contributed by atoms with van der Waals surface area (Å²) in [4.78, 5) is 4.58. The van der Waals surface area contributed by atoms with E-state index in [9.17, 15) is 4.39 Å². The molecule has 1 aliphatic heterocycles. The van der Waals surface area contributed by atoms with Crippen molar-refractivity contribution in [2.45, 2.75) is 31.6 Å². The Morgan fingerprint density at radius 1 is 1.19 bits per heavy atom. The fourth-order valence-corrected chi connectivity index (χ4v) is 3.41. The minimum absolute atomic E-state index is 0. The number of nitrogens with one attached hydrogen (secondary N) is 1. The number of anilines is 1. The van der Waals surface area contributed by atoms with Crippen molar-refractivity contribution in [1.82, 2.24) is 0 Å². The van der Waals surface area contributed by atoms with Crippen molar-refractivity contribution in [3.8, 4) is 0 Å². The third-order valence-corrected chi connectivity index (χ3v) is 5.05. The first-order valence-electron chi connectivity index (χ1n) is 9.11. The molecule has 3 N–H and O–H groups in total. The average molecular weight is 483 g/mol. The third-order valence-electron chi connectivity index (χ3n) is 5.05. The molecule has 0 unspecified atom stereocenters. The lowest BCUT2D eigenvalue weighted by molar-refractivity contribution is 0.0530. The number of aliphatic imine (C=N–C) groups is 1. The van der Waals surface area contributed by atoms with Crippen molar-refractivity contribution in [3.63, 3.8) is 0 Å². The van der Waals surface area contributed by atoms with E-state index in [1.54, 1.807) is 12.1 Å². The van der Waals surface area contributed by atoms with Gasteiger partial charge in [-0.2, -0.15) is 0 Å². The summed E-state index contributed by atoms with van der Waals surface area (Å²) in [5.74, 6) is 0.153. The van der Waals surface area contributed by atoms with Gasteiger partial charge >= 0.3 is 0 Å². The zero-order chi connectivity index (χ0) is 18.4. The Hall–Kier alpha value is -1.67. The van der Waals surface area contributed by atoms with Crippen LogP contribution in [0.1, 0.15) is 30.9 Å². The molecule has 6 heteroatoms. The van der Waals surface area contributed by atoms with Gasteiger partial charge in [0, 0.05) is 24.3 Å². The number of ether oxygens (including phenoxy) is 1. The molecular weight excluding hydrogens is 456 g/mol. The first-order valence-corrected chi connectivity index (χ1v) is 9.11. The highest BCUT2D eigenvalue weighted by Gasteiger charge is 2.34. The highest BCUT2D eigenvalue weighted by Crippen LogP contribution is 2.35. The average Bonchev–Trinajstić information content (AvgIpc) is 2.67. The zero-order valence-electron chi connectivity index (χ0n) is 15.6. The molecule has 1 saturated heterocycles. The molecule has 146 valence electrons. The highest BCUT2D eigenvalue weighted by molar-refractivity contribution is 14.0. The SMILES string of the molecule is CCc1cccc(NC(N)=NCC2(c3cccc(F)c3)CCOCC2)c1.I. The monoisotopic (exact) mass is 483 g/mol. The molecule has 0 saturated carbocycles. The lowest BCUT2D eigenvalue weighted by Crippen LogP contribution is -2.38. The van der Waals surface area contributed by atoms with Crippen molar-refractivity contribution in [1.29, 1.82) is 0 Å². The first-order chi connectivity index (χ1) is 12.6. The maximum atomic E-state index is 13.7. The Labute approximate surface area is 177 Å². The number of guanidine groups is 1. The summed E-state index contributed by atoms with van der Waals surface area (Å²) < 4.78 is 19.3. The van der Waals surface area contributed by atoms with Crippen LogP contribution in [0.5, 0.6) is 0 Å². The highest BCUT2D eigenvalue weighted by atomic mass is 127. The summed E-state index contributed by atoms with van der Waals surface area (Å²) in [6.07, 6.45) is 2.58. The van der Waals surface area contributed by atoms with Gasteiger partial charge in [0.05, 0.1) is 6.54 Å². The van der Waals surface area contributed by atoms with Gasteiger partial charge in [-0.05, 0) is 54.7 Å². The maximum Gasteiger partial charge on any atom is 0.193 e. The van der Waals surface area contributed by atoms with E-state index in [2.05, 4.69) is 29.4 Å². The number of hydrogen-bond acceptors (Lipinski definition) is 2. The molecule has 27 heavy (non-hydrogen) atoms. The molecule has 1 aliphatic rings. The molecule has 0 aliphatic carbocycles. The molecule has 3 rings (SSSR count). The Morgan fingerprint density at radius 3 is 2.63 bits per heavy atom. The van der Waals surface area contributed by atoms with Gasteiger partial charge in [0.15, 0.2) is 5.96 Å². The van der Waals surface area contributed by atoms with E-state index in [4.69, 9.17) is 10.5 Å². The van der Waals surface area contributed by atoms with Crippen LogP contribution in [-0.4, -0.2) is 25.7 Å². The topological polar surface area (TPSA) is 59.6 Å². The quantitative estimate of drug-likeness (QED) is 0.375. The predicted molar refractivity (Wildman–Crippen MR) is 119 cm³/mol. The van der Waals surface area contributed by atoms with Crippen molar-refractivity contribution in [3.05, 3.63) is 65.5 Å². The minimum Gasteiger partial charge on any atom is -0.381 e. The number of benzene rings is 2. The van der Waals surface area contributed by atoms with Crippen LogP contribution in [0.25, 0.3) is 0 Å². The van der Waals surface area contributed by atoms with Gasteiger partial charge in [0.1, 0.15) is 5.82 Å². The van der Waals surface area contributed by atoms with Crippen molar-refractivity contribution in [2.75, 3.05) is 25.1 Å². The zero-order valence-corrected chi connectivity index (χ0v) is 17.9. The lowest BCUT2D eigenvalue weighted by Gasteiger charge is -2.36. The summed E-state index contributed by atoms with van der Waals surface area (Å²) >= 11 is 0. The number of hydrogen-bond donors (Lipinski definition) is 2. The molecule has 4 nitrogen and oxygen atoms in total. The van der Waals surface area contributed by atoms with Crippen LogP contribution in [0.3, 0.4) is 0 Å². The molecule has 1 fully saturated rings. The molecular formula is C21H27FIN3O. The van der Waals surface area contributed by atoms with Crippen LogP contribution in [0.15, 0.2) is 53.5 Å². The van der Waals surface area contributed by atoms with E-state index in [1.165, 1.54) is 11.6 Å². The van der Waals surface area contributed by atoms with Gasteiger partial charge in [0.25, 0.3) is 0 Å². The second-order valence-electron chi connectivity index (χ2n) is 6.78. The van der Waals surface area contributed by atoms with E-state index in [-0.39, 0.29) is 35.2 Å². The maximum absolute atomic E-state index is 13.7. The van der Waals surface area contributed by atoms with E-state index in [0.717, 1.165) is 30.5 Å². The first kappa shape index (κ1) is 21.6. The Morgan fingerprint density at radius 2 is 1.93 bits per heavy atom. The Bertz CT molecular complexity index is 776. The van der Waals surface area contributed by atoms with Gasteiger partial charge in [-0.15, -0.1) is 24.0 Å². The molecule has 2 aromatic carbocycles. The van der Waals surface area contributed by atoms with Gasteiger partial charge in [-0.25, -0.2) is 4.39 Å². The van der Waals surface area contributed by atoms with Gasteiger partial charge < -0.3 is 15.8 Å². The lowest BCUT2D eigenvalue weighted by atomic mass is 9.74. The summed E-state index contributed by atoms with van der Waals surface area (Å²) in [5.41, 5.74) is 9.01. The van der Waals surface area contributed by atoms with Crippen LogP contribution in [0.4, 0.5) is 10.1 Å². The van der Waals surface area contributed by atoms with Crippen LogP contribution in [0, 0.1) is 5.82 Å². The largest absolute Gasteiger partial charge is 0.381 e. The molecule has 2 aromatic rings. The van der Waals surface area contributed by atoms with E-state index in [1.807, 2.05) is 18.2 Å². The second kappa shape index (κ2) is 10.0. The van der Waals surface area contributed by atoms with Crippen LogP contribution in [0.2, 0.25) is 0 Å². The van der Waals surface area contributed by atoms with Crippen molar-refractivity contribution in [2.24, 2.45) is 10.7 Å². The van der Waals surface area contributed by atoms with Crippen LogP contribution in [-0.2, 0) is 16.6 Å². The molecule has 0 radical (unpaired) electrons. The van der Waals surface area contributed by atoms with Gasteiger partial charge in [0.2, 0.25) is 0 Å². The van der Waals surface area contributed by atoms with Gasteiger partial charge in [-0.1, -0.05) is 31.2 Å². The summed E-state index contributed by atoms with van der Waals surface area (Å²) in [6, 6.07) is 14.9. The van der Waals surface area contributed by atoms with E-state index in [0.29, 0.717) is 25.7 Å². The van der Waals surface area contributed by atoms with Crippen LogP contribution < -0.4 is 11.1 Å². The number of halogens is 2. The number of nitrogens with two attached hydrogens (primary N) is 1. The summed E-state index contributed by atoms with van der Waals surface area (Å²) in [7, 11) is 0. The fourth-order valence-electron chi connectivity index (χ4n) is 3.41. The van der Waals surface area contributed by atoms with Crippen molar-refractivity contribution < 1.29 is 9.13 Å². The summed E-state index contributed by atoms with van der Waals surface area (Å²) in [5, 5.41) is 3.16. The second-order valence-corrected chi connectivity index (χ2v) is 6.78. The number of aryl methyl sites for hydroxylation is 1. The molecule has 0 spiro atoms. The normalized spacial score (nSPS) is 16.4. The third kappa shape index (κ3) is 5.65. The smallest absolute Gasteiger partial charge is 0.193 e. The molecule has 0 aromatic heterocycles. The predicted octanol–water partition coefficient (Wildman–Crippen LogP) is 4.48. The molecule has 0 atom stereocenters. The Kier molecular flexibility index (Phi) is 8.04. The van der Waals surface area contributed by atoms with Gasteiger partial charge in [-0.3, -0.25) is 4.99 Å². The minimum atomic E-state index is -0.238. The standard InChI is InChI=1S/C21H26FN3O.HI/c1-2-16-5-3-8-19(13-16)25-20(23)24-15-21(9-11-26-12-10-21)17-6-4-7-18(22)14-17;/h3-8,13-14H,2,9-12,15H2,1H3,(H3,23,24,25);1H. The van der Waals surface area contributed by atoms with Crippen molar-refractivity contribution >= 4 is 35.6 Å². The molecule has 0 amide bonds. The number of rotatable bonds is 5. The molecule has 1 heterocycles.